The third kappa shape index (κ3) is 6.21. The first-order valence-corrected chi connectivity index (χ1v) is 7.87. The molecule has 0 aromatic carbocycles. The summed E-state index contributed by atoms with van der Waals surface area (Å²) in [4.78, 5) is 0. The number of aliphatic hydroxyl groups is 1. The second-order valence-electron chi connectivity index (χ2n) is 5.70. The van der Waals surface area contributed by atoms with Crippen LogP contribution in [0.3, 0.4) is 0 Å². The lowest BCUT2D eigenvalue weighted by molar-refractivity contribution is -0.162. The fourth-order valence-corrected chi connectivity index (χ4v) is 2.54. The molecule has 1 unspecified atom stereocenters. The highest BCUT2D eigenvalue weighted by molar-refractivity contribution is 4.78. The van der Waals surface area contributed by atoms with Gasteiger partial charge in [0.05, 0.1) is 12.2 Å². The highest BCUT2D eigenvalue weighted by Crippen LogP contribution is 2.23. The number of ether oxygens (including phenoxy) is 3. The quantitative estimate of drug-likeness (QED) is 0.655. The summed E-state index contributed by atoms with van der Waals surface area (Å²) in [5.74, 6) is 0. The molecule has 1 atom stereocenters. The van der Waals surface area contributed by atoms with Gasteiger partial charge < -0.3 is 19.3 Å². The molecule has 0 amide bonds. The second kappa shape index (κ2) is 8.90. The topological polar surface area (TPSA) is 47.9 Å². The third-order valence-electron chi connectivity index (χ3n) is 3.90. The van der Waals surface area contributed by atoms with Crippen LogP contribution in [0.15, 0.2) is 0 Å². The van der Waals surface area contributed by atoms with Gasteiger partial charge in [-0.1, -0.05) is 12.8 Å². The lowest BCUT2D eigenvalue weighted by Crippen LogP contribution is -2.35. The maximum absolute atomic E-state index is 9.12. The minimum atomic E-state index is -0.107. The number of rotatable bonds is 9. The molecule has 4 nitrogen and oxygen atoms in total. The van der Waals surface area contributed by atoms with Crippen LogP contribution in [-0.4, -0.2) is 43.4 Å². The Balaban J connectivity index is 1.30. The zero-order chi connectivity index (χ0) is 13.3. The van der Waals surface area contributed by atoms with Crippen molar-refractivity contribution in [2.75, 3.05) is 19.8 Å². The van der Waals surface area contributed by atoms with Gasteiger partial charge in [0.2, 0.25) is 0 Å². The van der Waals surface area contributed by atoms with E-state index in [0.29, 0.717) is 6.10 Å². The van der Waals surface area contributed by atoms with Crippen LogP contribution in [0, 0.1) is 0 Å². The van der Waals surface area contributed by atoms with Crippen molar-refractivity contribution < 1.29 is 19.3 Å². The molecule has 1 aliphatic carbocycles. The molecule has 4 heteroatoms. The summed E-state index contributed by atoms with van der Waals surface area (Å²) < 4.78 is 16.8. The molecule has 0 aromatic rings. The van der Waals surface area contributed by atoms with Gasteiger partial charge in [0.1, 0.15) is 0 Å². The number of hydrogen-bond donors (Lipinski definition) is 1. The monoisotopic (exact) mass is 272 g/mol. The molecule has 1 N–H and O–H groups in total. The van der Waals surface area contributed by atoms with Crippen molar-refractivity contribution >= 4 is 0 Å². The lowest BCUT2D eigenvalue weighted by Gasteiger charge is -2.31. The zero-order valence-electron chi connectivity index (χ0n) is 11.9. The Hall–Kier alpha value is -0.160. The number of hydrogen-bond acceptors (Lipinski definition) is 4. The Morgan fingerprint density at radius 2 is 1.68 bits per heavy atom. The van der Waals surface area contributed by atoms with Gasteiger partial charge >= 0.3 is 0 Å². The van der Waals surface area contributed by atoms with Gasteiger partial charge in [-0.2, -0.15) is 0 Å². The summed E-state index contributed by atoms with van der Waals surface area (Å²) in [5.41, 5.74) is 0. The molecule has 2 fully saturated rings. The molecule has 1 heterocycles. The first-order valence-electron chi connectivity index (χ1n) is 7.87. The van der Waals surface area contributed by atoms with E-state index in [0.717, 1.165) is 51.9 Å². The highest BCUT2D eigenvalue weighted by atomic mass is 16.7. The average Bonchev–Trinajstić information content (AvgIpc) is 2.40. The van der Waals surface area contributed by atoms with E-state index in [1.54, 1.807) is 0 Å². The van der Waals surface area contributed by atoms with Crippen molar-refractivity contribution in [2.45, 2.75) is 76.3 Å². The van der Waals surface area contributed by atoms with E-state index in [1.165, 1.54) is 25.7 Å². The normalized spacial score (nSPS) is 31.1. The second-order valence-corrected chi connectivity index (χ2v) is 5.70. The standard InChI is InChI=1S/C15H28O4/c16-13-11-14(12-13)17-8-4-1-2-5-9-18-15-7-3-6-10-19-15/h13-16H,1-12H2/t13-,14-,15?. The largest absolute Gasteiger partial charge is 0.393 e. The van der Waals surface area contributed by atoms with E-state index < -0.39 is 0 Å². The Morgan fingerprint density at radius 1 is 0.947 bits per heavy atom. The molecule has 1 aliphatic heterocycles. The molecule has 2 rings (SSSR count). The van der Waals surface area contributed by atoms with Gasteiger partial charge in [0, 0.05) is 19.8 Å². The van der Waals surface area contributed by atoms with Crippen LogP contribution in [0.4, 0.5) is 0 Å². The maximum atomic E-state index is 9.12. The molecule has 19 heavy (non-hydrogen) atoms. The fourth-order valence-electron chi connectivity index (χ4n) is 2.54. The summed E-state index contributed by atoms with van der Waals surface area (Å²) in [7, 11) is 0. The minimum absolute atomic E-state index is 0.0575. The van der Waals surface area contributed by atoms with Crippen molar-refractivity contribution in [2.24, 2.45) is 0 Å². The van der Waals surface area contributed by atoms with Gasteiger partial charge in [0.25, 0.3) is 0 Å². The lowest BCUT2D eigenvalue weighted by atomic mass is 9.92. The highest BCUT2D eigenvalue weighted by Gasteiger charge is 2.27. The summed E-state index contributed by atoms with van der Waals surface area (Å²) in [6.45, 7) is 2.52. The molecule has 2 aliphatic rings. The minimum Gasteiger partial charge on any atom is -0.393 e. The molecule has 1 saturated heterocycles. The van der Waals surface area contributed by atoms with E-state index in [1.807, 2.05) is 0 Å². The van der Waals surface area contributed by atoms with Gasteiger partial charge in [-0.05, 0) is 44.9 Å². The predicted molar refractivity (Wildman–Crippen MR) is 73.0 cm³/mol. The van der Waals surface area contributed by atoms with E-state index in [-0.39, 0.29) is 12.4 Å². The molecular formula is C15H28O4. The van der Waals surface area contributed by atoms with Crippen LogP contribution in [0.2, 0.25) is 0 Å². The van der Waals surface area contributed by atoms with E-state index in [9.17, 15) is 0 Å². The Bertz CT molecular complexity index is 222. The van der Waals surface area contributed by atoms with Crippen molar-refractivity contribution in [3.63, 3.8) is 0 Å². The smallest absolute Gasteiger partial charge is 0.157 e. The average molecular weight is 272 g/mol. The molecule has 0 spiro atoms. The fraction of sp³-hybridized carbons (Fsp3) is 1.00. The Labute approximate surface area is 116 Å². The van der Waals surface area contributed by atoms with Crippen molar-refractivity contribution in [3.8, 4) is 0 Å². The zero-order valence-corrected chi connectivity index (χ0v) is 11.9. The van der Waals surface area contributed by atoms with E-state index in [4.69, 9.17) is 19.3 Å². The molecule has 0 radical (unpaired) electrons. The number of unbranched alkanes of at least 4 members (excludes halogenated alkanes) is 3. The third-order valence-corrected chi connectivity index (χ3v) is 3.90. The van der Waals surface area contributed by atoms with Crippen LogP contribution in [0.25, 0.3) is 0 Å². The van der Waals surface area contributed by atoms with E-state index >= 15 is 0 Å². The summed E-state index contributed by atoms with van der Waals surface area (Å²) >= 11 is 0. The van der Waals surface area contributed by atoms with Gasteiger partial charge in [-0.15, -0.1) is 0 Å². The van der Waals surface area contributed by atoms with Crippen molar-refractivity contribution in [3.05, 3.63) is 0 Å². The summed E-state index contributed by atoms with van der Waals surface area (Å²) in [6.07, 6.45) is 10.0. The predicted octanol–water partition coefficient (Wildman–Crippen LogP) is 2.63. The van der Waals surface area contributed by atoms with Crippen LogP contribution in [0.1, 0.15) is 57.8 Å². The van der Waals surface area contributed by atoms with Crippen molar-refractivity contribution in [1.29, 1.82) is 0 Å². The number of aliphatic hydroxyl groups excluding tert-OH is 1. The van der Waals surface area contributed by atoms with Crippen LogP contribution < -0.4 is 0 Å². The summed E-state index contributed by atoms with van der Waals surface area (Å²) in [6, 6.07) is 0. The molecule has 0 aromatic heterocycles. The van der Waals surface area contributed by atoms with E-state index in [2.05, 4.69) is 0 Å². The van der Waals surface area contributed by atoms with Gasteiger partial charge in [-0.3, -0.25) is 0 Å². The summed E-state index contributed by atoms with van der Waals surface area (Å²) in [5, 5.41) is 9.12. The molecule has 1 saturated carbocycles. The Kier molecular flexibility index (Phi) is 7.14. The first-order chi connectivity index (χ1) is 9.34. The first kappa shape index (κ1) is 15.2. The van der Waals surface area contributed by atoms with Crippen LogP contribution >= 0.6 is 0 Å². The van der Waals surface area contributed by atoms with Crippen molar-refractivity contribution in [1.82, 2.24) is 0 Å². The Morgan fingerprint density at radius 3 is 2.32 bits per heavy atom. The van der Waals surface area contributed by atoms with Gasteiger partial charge in [0.15, 0.2) is 6.29 Å². The SMILES string of the molecule is O[C@H]1C[C@H](OCCCCCCOC2CCCCO2)C1. The maximum Gasteiger partial charge on any atom is 0.157 e. The molecular weight excluding hydrogens is 244 g/mol. The van der Waals surface area contributed by atoms with Gasteiger partial charge in [-0.25, -0.2) is 0 Å². The van der Waals surface area contributed by atoms with Crippen LogP contribution in [-0.2, 0) is 14.2 Å². The molecule has 112 valence electrons. The van der Waals surface area contributed by atoms with Crippen LogP contribution in [0.5, 0.6) is 0 Å². The molecule has 0 bridgehead atoms.